The van der Waals surface area contributed by atoms with E-state index in [9.17, 15) is 9.50 Å². The lowest BCUT2D eigenvalue weighted by atomic mass is 10.1. The van der Waals surface area contributed by atoms with Gasteiger partial charge in [0.25, 0.3) is 0 Å². The van der Waals surface area contributed by atoms with Crippen molar-refractivity contribution in [2.45, 2.75) is 19.3 Å². The van der Waals surface area contributed by atoms with Gasteiger partial charge in [0.05, 0.1) is 13.2 Å². The molecular formula is C23H24FNO3. The van der Waals surface area contributed by atoms with Crippen molar-refractivity contribution in [1.29, 1.82) is 0 Å². The second-order valence-corrected chi connectivity index (χ2v) is 6.39. The molecule has 146 valence electrons. The highest BCUT2D eigenvalue weighted by Crippen LogP contribution is 2.32. The first-order valence-electron chi connectivity index (χ1n) is 9.15. The molecule has 0 bridgehead atoms. The largest absolute Gasteiger partial charge is 0.493 e. The normalized spacial score (nSPS) is 11.8. The van der Waals surface area contributed by atoms with Crippen molar-refractivity contribution in [3.63, 3.8) is 0 Å². The lowest BCUT2D eigenvalue weighted by Crippen LogP contribution is -2.21. The first kappa shape index (κ1) is 19.9. The molecular weight excluding hydrogens is 357 g/mol. The van der Waals surface area contributed by atoms with Crippen molar-refractivity contribution < 1.29 is 19.0 Å². The summed E-state index contributed by atoms with van der Waals surface area (Å²) in [5, 5.41) is 13.5. The lowest BCUT2D eigenvalue weighted by molar-refractivity contribution is 0.174. The van der Waals surface area contributed by atoms with Gasteiger partial charge in [-0.3, -0.25) is 0 Å². The molecule has 0 fully saturated rings. The fourth-order valence-corrected chi connectivity index (χ4v) is 2.93. The minimum absolute atomic E-state index is 0.104. The highest BCUT2D eigenvalue weighted by Gasteiger charge is 2.13. The molecule has 0 aliphatic heterocycles. The Kier molecular flexibility index (Phi) is 7.00. The summed E-state index contributed by atoms with van der Waals surface area (Å²) < 4.78 is 25.2. The number of hydrogen-bond donors (Lipinski definition) is 2. The predicted molar refractivity (Wildman–Crippen MR) is 107 cm³/mol. The molecule has 4 nitrogen and oxygen atoms in total. The van der Waals surface area contributed by atoms with Crippen LogP contribution in [0.2, 0.25) is 0 Å². The third-order valence-corrected chi connectivity index (χ3v) is 4.45. The van der Waals surface area contributed by atoms with Crippen LogP contribution in [0.25, 0.3) is 0 Å². The van der Waals surface area contributed by atoms with Gasteiger partial charge in [0.15, 0.2) is 11.5 Å². The van der Waals surface area contributed by atoms with Crippen molar-refractivity contribution in [1.82, 2.24) is 5.32 Å². The minimum Gasteiger partial charge on any atom is -0.493 e. The second-order valence-electron chi connectivity index (χ2n) is 6.39. The molecule has 1 atom stereocenters. The van der Waals surface area contributed by atoms with Crippen LogP contribution < -0.4 is 14.8 Å². The molecule has 5 heteroatoms. The number of methoxy groups -OCH3 is 1. The van der Waals surface area contributed by atoms with E-state index < -0.39 is 6.10 Å². The second kappa shape index (κ2) is 9.88. The molecule has 3 aromatic carbocycles. The van der Waals surface area contributed by atoms with Crippen LogP contribution >= 0.6 is 0 Å². The Morgan fingerprint density at radius 3 is 2.39 bits per heavy atom. The number of hydrogen-bond acceptors (Lipinski definition) is 4. The maximum absolute atomic E-state index is 13.9. The molecule has 3 aromatic rings. The quantitative estimate of drug-likeness (QED) is 0.582. The fourth-order valence-electron chi connectivity index (χ4n) is 2.93. The van der Waals surface area contributed by atoms with Gasteiger partial charge in [0.2, 0.25) is 0 Å². The third kappa shape index (κ3) is 5.09. The summed E-state index contributed by atoms with van der Waals surface area (Å²) in [7, 11) is 1.57. The van der Waals surface area contributed by atoms with E-state index in [-0.39, 0.29) is 12.4 Å². The molecule has 0 aliphatic carbocycles. The van der Waals surface area contributed by atoms with E-state index in [1.54, 1.807) is 31.4 Å². The average molecular weight is 381 g/mol. The van der Waals surface area contributed by atoms with Crippen LogP contribution in [0.15, 0.2) is 72.8 Å². The van der Waals surface area contributed by atoms with Gasteiger partial charge in [-0.05, 0) is 17.7 Å². The smallest absolute Gasteiger partial charge is 0.166 e. The Labute approximate surface area is 164 Å². The Morgan fingerprint density at radius 1 is 0.929 bits per heavy atom. The highest BCUT2D eigenvalue weighted by atomic mass is 19.1. The Morgan fingerprint density at radius 2 is 1.64 bits per heavy atom. The van der Waals surface area contributed by atoms with E-state index in [1.807, 2.05) is 42.5 Å². The fraction of sp³-hybridized carbons (Fsp3) is 0.217. The zero-order valence-corrected chi connectivity index (χ0v) is 15.8. The van der Waals surface area contributed by atoms with Gasteiger partial charge in [-0.15, -0.1) is 0 Å². The summed E-state index contributed by atoms with van der Waals surface area (Å²) in [5.74, 6) is 0.845. The van der Waals surface area contributed by atoms with Crippen LogP contribution in [0.3, 0.4) is 0 Å². The van der Waals surface area contributed by atoms with E-state index in [0.29, 0.717) is 30.2 Å². The van der Waals surface area contributed by atoms with Gasteiger partial charge in [-0.25, -0.2) is 4.39 Å². The maximum atomic E-state index is 13.9. The first-order valence-corrected chi connectivity index (χ1v) is 9.15. The molecule has 0 radical (unpaired) electrons. The van der Waals surface area contributed by atoms with Gasteiger partial charge in [-0.1, -0.05) is 60.7 Å². The molecule has 0 amide bonds. The first-order chi connectivity index (χ1) is 13.7. The number of nitrogens with one attached hydrogen (secondary N) is 1. The molecule has 0 unspecified atom stereocenters. The maximum Gasteiger partial charge on any atom is 0.166 e. The van der Waals surface area contributed by atoms with Crippen LogP contribution in [0.1, 0.15) is 22.8 Å². The van der Waals surface area contributed by atoms with Crippen LogP contribution in [0.5, 0.6) is 11.5 Å². The molecule has 0 aliphatic rings. The number of halogens is 1. The molecule has 0 heterocycles. The number of aliphatic hydroxyl groups is 1. The van der Waals surface area contributed by atoms with Crippen LogP contribution in [0.4, 0.5) is 4.39 Å². The Bertz CT molecular complexity index is 886. The monoisotopic (exact) mass is 381 g/mol. The SMILES string of the molecule is COc1cccc(CNC[C@@H](O)c2ccccc2)c1OCc1ccccc1F. The number of benzene rings is 3. The Balaban J connectivity index is 1.66. The zero-order chi connectivity index (χ0) is 19.8. The van der Waals surface area contributed by atoms with E-state index in [2.05, 4.69) is 5.32 Å². The van der Waals surface area contributed by atoms with Crippen molar-refractivity contribution in [3.05, 3.63) is 95.3 Å². The summed E-state index contributed by atoms with van der Waals surface area (Å²) in [6.07, 6.45) is -0.602. The van der Waals surface area contributed by atoms with Gasteiger partial charge < -0.3 is 19.9 Å². The molecule has 0 spiro atoms. The highest BCUT2D eigenvalue weighted by molar-refractivity contribution is 5.46. The minimum atomic E-state index is -0.602. The van der Waals surface area contributed by atoms with Crippen molar-refractivity contribution in [2.75, 3.05) is 13.7 Å². The molecule has 3 rings (SSSR count). The molecule has 2 N–H and O–H groups in total. The summed E-state index contributed by atoms with van der Waals surface area (Å²) in [5.41, 5.74) is 2.21. The predicted octanol–water partition coefficient (Wildman–Crippen LogP) is 4.24. The summed E-state index contributed by atoms with van der Waals surface area (Å²) in [6.45, 7) is 0.981. The van der Waals surface area contributed by atoms with Gasteiger partial charge >= 0.3 is 0 Å². The summed E-state index contributed by atoms with van der Waals surface area (Å²) in [4.78, 5) is 0. The van der Waals surface area contributed by atoms with Crippen LogP contribution in [-0.2, 0) is 13.2 Å². The molecule has 28 heavy (non-hydrogen) atoms. The summed E-state index contributed by atoms with van der Waals surface area (Å²) >= 11 is 0. The van der Waals surface area contributed by atoms with Crippen molar-refractivity contribution in [2.24, 2.45) is 0 Å². The number of rotatable bonds is 9. The third-order valence-electron chi connectivity index (χ3n) is 4.45. The molecule has 0 saturated heterocycles. The Hall–Kier alpha value is -2.89. The van der Waals surface area contributed by atoms with Crippen molar-refractivity contribution >= 4 is 0 Å². The zero-order valence-electron chi connectivity index (χ0n) is 15.8. The van der Waals surface area contributed by atoms with E-state index in [0.717, 1.165) is 11.1 Å². The lowest BCUT2D eigenvalue weighted by Gasteiger charge is -2.17. The van der Waals surface area contributed by atoms with Gasteiger partial charge in [0, 0.05) is 24.2 Å². The summed E-state index contributed by atoms with van der Waals surface area (Å²) in [6, 6.07) is 21.6. The van der Waals surface area contributed by atoms with E-state index in [1.165, 1.54) is 6.07 Å². The number of aliphatic hydroxyl groups excluding tert-OH is 1. The van der Waals surface area contributed by atoms with Gasteiger partial charge in [0.1, 0.15) is 12.4 Å². The molecule has 0 saturated carbocycles. The van der Waals surface area contributed by atoms with Crippen molar-refractivity contribution in [3.8, 4) is 11.5 Å². The standard InChI is InChI=1S/C23H24FNO3/c1-27-22-13-7-11-18(14-25-15-21(26)17-8-3-2-4-9-17)23(22)28-16-19-10-5-6-12-20(19)24/h2-13,21,25-26H,14-16H2,1H3/t21-/m1/s1. The van der Waals surface area contributed by atoms with Crippen LogP contribution in [-0.4, -0.2) is 18.8 Å². The number of para-hydroxylation sites is 1. The van der Waals surface area contributed by atoms with E-state index >= 15 is 0 Å². The van der Waals surface area contributed by atoms with Gasteiger partial charge in [-0.2, -0.15) is 0 Å². The molecule has 0 aromatic heterocycles. The number of ether oxygens (including phenoxy) is 2. The van der Waals surface area contributed by atoms with E-state index in [4.69, 9.17) is 9.47 Å². The average Bonchev–Trinajstić information content (AvgIpc) is 2.74. The topological polar surface area (TPSA) is 50.7 Å². The van der Waals surface area contributed by atoms with Crippen LogP contribution in [0, 0.1) is 5.82 Å².